The molecular formula is C16H17ClN4O3S. The first-order valence-corrected chi connectivity index (χ1v) is 9.02. The number of aliphatic imine (C=N–C) groups is 1. The molecule has 1 aromatic rings. The largest absolute Gasteiger partial charge is 0.331 e. The quantitative estimate of drug-likeness (QED) is 0.859. The fourth-order valence-corrected chi connectivity index (χ4v) is 3.72. The number of imide groups is 1. The lowest BCUT2D eigenvalue weighted by Crippen LogP contribution is -2.63. The molecule has 25 heavy (non-hydrogen) atoms. The number of amides is 3. The average Bonchev–Trinajstić information content (AvgIpc) is 2.92. The van der Waals surface area contributed by atoms with E-state index in [-0.39, 0.29) is 17.4 Å². The van der Waals surface area contributed by atoms with Crippen molar-refractivity contribution in [2.75, 3.05) is 12.8 Å². The van der Waals surface area contributed by atoms with Gasteiger partial charge in [0, 0.05) is 18.6 Å². The third-order valence-electron chi connectivity index (χ3n) is 3.99. The smallest absolute Gasteiger partial charge is 0.325 e. The first kappa shape index (κ1) is 17.8. The standard InChI is InChI=1S/C16H17ClN4O3S/c1-9(22)8-25-16-18-13-12(14(23)19-15(24)20(13)2)21(16)7-10-3-5-11(17)6-4-10/h3-6,12-13H,7-8H2,1-2H3,(H,19,23,24). The summed E-state index contributed by atoms with van der Waals surface area (Å²) in [7, 11) is 1.60. The van der Waals surface area contributed by atoms with E-state index >= 15 is 0 Å². The van der Waals surface area contributed by atoms with Crippen molar-refractivity contribution in [2.45, 2.75) is 25.7 Å². The molecule has 3 rings (SSSR count). The lowest BCUT2D eigenvalue weighted by atomic mass is 10.1. The van der Waals surface area contributed by atoms with Gasteiger partial charge in [0.25, 0.3) is 5.91 Å². The first-order chi connectivity index (χ1) is 11.9. The molecule has 2 unspecified atom stereocenters. The number of likely N-dealkylation sites (N-methyl/N-ethyl adjacent to an activating group) is 1. The maximum atomic E-state index is 12.4. The molecule has 2 aliphatic heterocycles. The highest BCUT2D eigenvalue weighted by Gasteiger charge is 2.48. The van der Waals surface area contributed by atoms with E-state index in [4.69, 9.17) is 11.6 Å². The number of hydrogen-bond acceptors (Lipinski definition) is 6. The van der Waals surface area contributed by atoms with Crippen molar-refractivity contribution in [2.24, 2.45) is 4.99 Å². The topological polar surface area (TPSA) is 82.1 Å². The minimum absolute atomic E-state index is 0.0166. The second-order valence-corrected chi connectivity index (χ2v) is 7.30. The highest BCUT2D eigenvalue weighted by molar-refractivity contribution is 8.14. The van der Waals surface area contributed by atoms with Crippen LogP contribution in [0.2, 0.25) is 5.02 Å². The van der Waals surface area contributed by atoms with Crippen LogP contribution >= 0.6 is 23.4 Å². The van der Waals surface area contributed by atoms with Gasteiger partial charge in [-0.15, -0.1) is 0 Å². The molecule has 0 saturated carbocycles. The number of hydrogen-bond donors (Lipinski definition) is 1. The van der Waals surface area contributed by atoms with Crippen LogP contribution in [0.3, 0.4) is 0 Å². The highest BCUT2D eigenvalue weighted by atomic mass is 35.5. The third-order valence-corrected chi connectivity index (χ3v) is 5.39. The number of carbonyl (C=O) groups is 3. The first-order valence-electron chi connectivity index (χ1n) is 7.65. The molecule has 132 valence electrons. The monoisotopic (exact) mass is 380 g/mol. The zero-order valence-electron chi connectivity index (χ0n) is 13.7. The van der Waals surface area contributed by atoms with Crippen LogP contribution in [-0.2, 0) is 16.1 Å². The molecule has 1 fully saturated rings. The molecule has 3 amide bonds. The Bertz CT molecular complexity index is 752. The molecule has 2 heterocycles. The van der Waals surface area contributed by atoms with E-state index < -0.39 is 18.2 Å². The van der Waals surface area contributed by atoms with Crippen molar-refractivity contribution in [3.05, 3.63) is 34.9 Å². The lowest BCUT2D eigenvalue weighted by molar-refractivity contribution is -0.127. The minimum Gasteiger partial charge on any atom is -0.331 e. The van der Waals surface area contributed by atoms with E-state index in [0.717, 1.165) is 5.56 Å². The molecule has 1 N–H and O–H groups in total. The van der Waals surface area contributed by atoms with Gasteiger partial charge < -0.3 is 9.80 Å². The van der Waals surface area contributed by atoms with Crippen LogP contribution in [0.1, 0.15) is 12.5 Å². The number of amidine groups is 1. The van der Waals surface area contributed by atoms with Crippen molar-refractivity contribution in [1.29, 1.82) is 0 Å². The zero-order valence-corrected chi connectivity index (χ0v) is 15.3. The Hall–Kier alpha value is -2.06. The minimum atomic E-state index is -0.618. The van der Waals surface area contributed by atoms with Gasteiger partial charge >= 0.3 is 6.03 Å². The molecule has 0 radical (unpaired) electrons. The number of thioether (sulfide) groups is 1. The highest BCUT2D eigenvalue weighted by Crippen LogP contribution is 2.30. The summed E-state index contributed by atoms with van der Waals surface area (Å²) in [4.78, 5) is 43.4. The van der Waals surface area contributed by atoms with Crippen molar-refractivity contribution in [3.63, 3.8) is 0 Å². The van der Waals surface area contributed by atoms with Gasteiger partial charge in [-0.25, -0.2) is 9.79 Å². The Kier molecular flexibility index (Phi) is 5.01. The van der Waals surface area contributed by atoms with Gasteiger partial charge in [-0.2, -0.15) is 0 Å². The average molecular weight is 381 g/mol. The van der Waals surface area contributed by atoms with Gasteiger partial charge in [0.15, 0.2) is 17.4 Å². The summed E-state index contributed by atoms with van der Waals surface area (Å²) in [6, 6.07) is 6.21. The number of Topliss-reactive ketones (excluding diaryl/α,β-unsaturated/α-hetero) is 1. The van der Waals surface area contributed by atoms with Crippen molar-refractivity contribution >= 4 is 46.3 Å². The van der Waals surface area contributed by atoms with Crippen LogP contribution in [-0.4, -0.2) is 57.7 Å². The molecule has 2 aliphatic rings. The molecule has 9 heteroatoms. The molecular weight excluding hydrogens is 364 g/mol. The summed E-state index contributed by atoms with van der Waals surface area (Å²) in [5, 5.41) is 3.56. The van der Waals surface area contributed by atoms with Gasteiger partial charge in [-0.05, 0) is 24.6 Å². The number of halogens is 1. The SMILES string of the molecule is CC(=O)CSC1=NC2C(C(=O)NC(=O)N2C)N1Cc1ccc(Cl)cc1. The Morgan fingerprint density at radius 2 is 2.00 bits per heavy atom. The summed E-state index contributed by atoms with van der Waals surface area (Å²) >= 11 is 7.20. The predicted molar refractivity (Wildman–Crippen MR) is 96.4 cm³/mol. The van der Waals surface area contributed by atoms with Crippen LogP contribution in [0.15, 0.2) is 29.3 Å². The molecule has 0 spiro atoms. The second-order valence-electron chi connectivity index (χ2n) is 5.92. The lowest BCUT2D eigenvalue weighted by Gasteiger charge is -2.36. The molecule has 0 aromatic heterocycles. The normalized spacial score (nSPS) is 22.6. The van der Waals surface area contributed by atoms with Crippen molar-refractivity contribution in [1.82, 2.24) is 15.1 Å². The van der Waals surface area contributed by atoms with E-state index in [2.05, 4.69) is 10.3 Å². The number of fused-ring (bicyclic) bond motifs is 1. The van der Waals surface area contributed by atoms with Gasteiger partial charge in [-0.3, -0.25) is 14.9 Å². The Morgan fingerprint density at radius 3 is 2.64 bits per heavy atom. The number of nitrogens with zero attached hydrogens (tertiary/aromatic N) is 3. The van der Waals surface area contributed by atoms with E-state index in [1.165, 1.54) is 23.6 Å². The van der Waals surface area contributed by atoms with Crippen LogP contribution in [0.5, 0.6) is 0 Å². The number of rotatable bonds is 4. The molecule has 0 aliphatic carbocycles. The van der Waals surface area contributed by atoms with Crippen LogP contribution in [0.25, 0.3) is 0 Å². The maximum absolute atomic E-state index is 12.4. The summed E-state index contributed by atoms with van der Waals surface area (Å²) in [6.07, 6.45) is -0.594. The van der Waals surface area contributed by atoms with Crippen LogP contribution in [0, 0.1) is 0 Å². The number of benzene rings is 1. The zero-order chi connectivity index (χ0) is 18.1. The molecule has 7 nitrogen and oxygen atoms in total. The third kappa shape index (κ3) is 3.64. The van der Waals surface area contributed by atoms with Gasteiger partial charge in [-0.1, -0.05) is 35.5 Å². The molecule has 0 bridgehead atoms. The number of carbonyl (C=O) groups excluding carboxylic acids is 3. The number of ketones is 1. The second kappa shape index (κ2) is 7.05. The predicted octanol–water partition coefficient (Wildman–Crippen LogP) is 1.71. The van der Waals surface area contributed by atoms with E-state index in [0.29, 0.717) is 16.7 Å². The molecule has 2 atom stereocenters. The molecule has 1 saturated heterocycles. The van der Waals surface area contributed by atoms with Gasteiger partial charge in [0.2, 0.25) is 0 Å². The summed E-state index contributed by atoms with van der Waals surface area (Å²) < 4.78 is 0. The van der Waals surface area contributed by atoms with Gasteiger partial charge in [0.05, 0.1) is 5.75 Å². The fraction of sp³-hybridized carbons (Fsp3) is 0.375. The van der Waals surface area contributed by atoms with Crippen LogP contribution < -0.4 is 5.32 Å². The van der Waals surface area contributed by atoms with Crippen molar-refractivity contribution in [3.8, 4) is 0 Å². The Balaban J connectivity index is 1.89. The fourth-order valence-electron chi connectivity index (χ4n) is 2.74. The summed E-state index contributed by atoms with van der Waals surface area (Å²) in [6.45, 7) is 1.93. The van der Waals surface area contributed by atoms with Crippen molar-refractivity contribution < 1.29 is 14.4 Å². The van der Waals surface area contributed by atoms with Crippen LogP contribution in [0.4, 0.5) is 4.79 Å². The maximum Gasteiger partial charge on any atom is 0.325 e. The number of nitrogens with one attached hydrogen (secondary N) is 1. The van der Waals surface area contributed by atoms with E-state index in [1.807, 2.05) is 17.0 Å². The number of urea groups is 1. The molecule has 1 aromatic carbocycles. The summed E-state index contributed by atoms with van der Waals surface area (Å²) in [5.74, 6) is -0.110. The van der Waals surface area contributed by atoms with Gasteiger partial charge in [0.1, 0.15) is 5.78 Å². The Morgan fingerprint density at radius 1 is 1.32 bits per heavy atom. The Labute approximate surface area is 154 Å². The van der Waals surface area contributed by atoms with E-state index in [9.17, 15) is 14.4 Å². The summed E-state index contributed by atoms with van der Waals surface area (Å²) in [5.41, 5.74) is 0.952. The van der Waals surface area contributed by atoms with E-state index in [1.54, 1.807) is 19.2 Å².